The minimum Gasteiger partial charge on any atom is -0.411 e. The Morgan fingerprint density at radius 1 is 1.17 bits per heavy atom. The first-order valence-electron chi connectivity index (χ1n) is 9.12. The number of hydrogen-bond acceptors (Lipinski definition) is 5. The zero-order chi connectivity index (χ0) is 20.2. The average molecular weight is 409 g/mol. The Bertz CT molecular complexity index is 1100. The molecule has 0 bridgehead atoms. The second kappa shape index (κ2) is 8.41. The summed E-state index contributed by atoms with van der Waals surface area (Å²) in [6.07, 6.45) is 2.57. The lowest BCUT2D eigenvalue weighted by Gasteiger charge is -2.10. The van der Waals surface area contributed by atoms with Crippen LogP contribution in [0.1, 0.15) is 16.7 Å². The normalized spacial score (nSPS) is 13.2. The van der Waals surface area contributed by atoms with E-state index in [1.807, 2.05) is 36.4 Å². The van der Waals surface area contributed by atoms with E-state index < -0.39 is 5.82 Å². The lowest BCUT2D eigenvalue weighted by atomic mass is 9.97. The highest BCUT2D eigenvalue weighted by Crippen LogP contribution is 2.29. The van der Waals surface area contributed by atoms with Gasteiger partial charge in [-0.2, -0.15) is 0 Å². The van der Waals surface area contributed by atoms with Gasteiger partial charge in [0.05, 0.1) is 17.3 Å². The zero-order valence-electron chi connectivity index (χ0n) is 15.4. The van der Waals surface area contributed by atoms with Crippen molar-refractivity contribution in [2.45, 2.75) is 12.8 Å². The van der Waals surface area contributed by atoms with E-state index in [9.17, 15) is 9.60 Å². The number of halogens is 2. The van der Waals surface area contributed by atoms with Gasteiger partial charge in [-0.05, 0) is 35.9 Å². The van der Waals surface area contributed by atoms with Crippen LogP contribution in [-0.4, -0.2) is 28.2 Å². The van der Waals surface area contributed by atoms with Crippen molar-refractivity contribution >= 4 is 34.5 Å². The monoisotopic (exact) mass is 408 g/mol. The van der Waals surface area contributed by atoms with Crippen molar-refractivity contribution in [1.82, 2.24) is 4.98 Å². The molecule has 1 aliphatic heterocycles. The Hall–Kier alpha value is -3.25. The first-order valence-corrected chi connectivity index (χ1v) is 9.50. The van der Waals surface area contributed by atoms with E-state index in [0.29, 0.717) is 30.9 Å². The van der Waals surface area contributed by atoms with Gasteiger partial charge in [0.2, 0.25) is 0 Å². The molecule has 3 aromatic rings. The predicted molar refractivity (Wildman–Crippen MR) is 113 cm³/mol. The van der Waals surface area contributed by atoms with Crippen LogP contribution in [0.4, 0.5) is 15.9 Å². The number of nitrogens with one attached hydrogen (secondary N) is 1. The van der Waals surface area contributed by atoms with Crippen molar-refractivity contribution in [2.75, 3.05) is 11.9 Å². The molecule has 0 unspecified atom stereocenters. The molecule has 0 spiro atoms. The van der Waals surface area contributed by atoms with Crippen molar-refractivity contribution in [3.63, 3.8) is 0 Å². The first-order chi connectivity index (χ1) is 14.1. The summed E-state index contributed by atoms with van der Waals surface area (Å²) >= 11 is 5.87. The third-order valence-electron chi connectivity index (χ3n) is 4.74. The summed E-state index contributed by atoms with van der Waals surface area (Å²) in [5, 5.41) is 16.5. The van der Waals surface area contributed by atoms with Crippen molar-refractivity contribution in [2.24, 2.45) is 10.1 Å². The van der Waals surface area contributed by atoms with Crippen LogP contribution in [0.3, 0.4) is 0 Å². The van der Waals surface area contributed by atoms with Crippen LogP contribution < -0.4 is 5.32 Å². The molecule has 5 nitrogen and oxygen atoms in total. The maximum absolute atomic E-state index is 13.4. The fourth-order valence-electron chi connectivity index (χ4n) is 3.31. The van der Waals surface area contributed by atoms with Crippen LogP contribution >= 0.6 is 11.6 Å². The molecule has 0 saturated carbocycles. The molecule has 0 atom stereocenters. The van der Waals surface area contributed by atoms with Crippen molar-refractivity contribution in [3.8, 4) is 0 Å². The number of anilines is 1. The summed E-state index contributed by atoms with van der Waals surface area (Å²) in [4.78, 5) is 8.96. The molecule has 2 aromatic carbocycles. The third kappa shape index (κ3) is 4.27. The van der Waals surface area contributed by atoms with Gasteiger partial charge in [0.25, 0.3) is 0 Å². The highest BCUT2D eigenvalue weighted by molar-refractivity contribution is 6.30. The third-order valence-corrected chi connectivity index (χ3v) is 5.03. The molecular weight excluding hydrogens is 391 g/mol. The van der Waals surface area contributed by atoms with Gasteiger partial charge >= 0.3 is 0 Å². The maximum Gasteiger partial charge on any atom is 0.156 e. The summed E-state index contributed by atoms with van der Waals surface area (Å²) in [5.74, 6) is 0.150. The van der Waals surface area contributed by atoms with Crippen LogP contribution in [0.25, 0.3) is 0 Å². The zero-order valence-corrected chi connectivity index (χ0v) is 16.2. The topological polar surface area (TPSA) is 69.9 Å². The highest BCUT2D eigenvalue weighted by Gasteiger charge is 2.22. The van der Waals surface area contributed by atoms with E-state index in [0.717, 1.165) is 28.1 Å². The van der Waals surface area contributed by atoms with Crippen LogP contribution in [0.5, 0.6) is 0 Å². The summed E-state index contributed by atoms with van der Waals surface area (Å²) in [5.41, 5.74) is 4.87. The molecule has 146 valence electrons. The van der Waals surface area contributed by atoms with E-state index in [4.69, 9.17) is 11.6 Å². The number of nitrogens with zero attached hydrogens (tertiary/aromatic N) is 3. The lowest BCUT2D eigenvalue weighted by molar-refractivity contribution is 0.318. The van der Waals surface area contributed by atoms with Crippen molar-refractivity contribution < 1.29 is 9.60 Å². The van der Waals surface area contributed by atoms with E-state index in [1.54, 1.807) is 12.3 Å². The fraction of sp³-hybridized carbons (Fsp3) is 0.136. The van der Waals surface area contributed by atoms with Crippen LogP contribution in [-0.2, 0) is 12.8 Å². The van der Waals surface area contributed by atoms with E-state index in [-0.39, 0.29) is 5.02 Å². The number of aromatic nitrogens is 1. The first kappa shape index (κ1) is 19.1. The number of oxime groups is 1. The second-order valence-corrected chi connectivity index (χ2v) is 7.11. The molecule has 0 fully saturated rings. The summed E-state index contributed by atoms with van der Waals surface area (Å²) < 4.78 is 13.4. The predicted octanol–water partition coefficient (Wildman–Crippen LogP) is 5.04. The van der Waals surface area contributed by atoms with E-state index in [2.05, 4.69) is 20.4 Å². The molecule has 1 aliphatic rings. The Labute approximate surface area is 172 Å². The number of benzene rings is 2. The number of hydrogen-bond donors (Lipinski definition) is 2. The Kier molecular flexibility index (Phi) is 5.53. The Morgan fingerprint density at radius 3 is 2.76 bits per heavy atom. The van der Waals surface area contributed by atoms with Gasteiger partial charge in [-0.3, -0.25) is 0 Å². The standard InChI is InChI=1S/C22H18ClFN4O/c23-19-10-14(6-7-20(19)24)11-21(28-29)17-8-9-25-22-18(17)12-16(27-22)13-26-15-4-2-1-3-5-15/h1-10,26,29H,11-13H2/b28-21+. The van der Waals surface area contributed by atoms with Crippen molar-refractivity contribution in [1.29, 1.82) is 0 Å². The molecule has 0 amide bonds. The number of rotatable bonds is 6. The van der Waals surface area contributed by atoms with Crippen LogP contribution in [0, 0.1) is 5.82 Å². The van der Waals surface area contributed by atoms with E-state index >= 15 is 0 Å². The summed E-state index contributed by atoms with van der Waals surface area (Å²) in [6.45, 7) is 0.596. The Balaban J connectivity index is 1.51. The average Bonchev–Trinajstić information content (AvgIpc) is 3.17. The van der Waals surface area contributed by atoms with Gasteiger partial charge in [0.15, 0.2) is 5.82 Å². The van der Waals surface area contributed by atoms with Crippen LogP contribution in [0.15, 0.2) is 70.9 Å². The molecule has 0 aliphatic carbocycles. The molecule has 7 heteroatoms. The van der Waals surface area contributed by atoms with Gasteiger partial charge in [-0.15, -0.1) is 0 Å². The molecule has 0 radical (unpaired) electrons. The molecule has 2 heterocycles. The maximum atomic E-state index is 13.4. The summed E-state index contributed by atoms with van der Waals surface area (Å²) in [6, 6.07) is 16.2. The minimum atomic E-state index is -0.480. The second-order valence-electron chi connectivity index (χ2n) is 6.71. The Morgan fingerprint density at radius 2 is 2.00 bits per heavy atom. The SMILES string of the molecule is O/N=C(\Cc1ccc(F)c(Cl)c1)c1ccnc2c1CC(CNc1ccccc1)=N2. The van der Waals surface area contributed by atoms with E-state index in [1.165, 1.54) is 12.1 Å². The minimum absolute atomic E-state index is 0.0392. The molecule has 0 saturated heterocycles. The van der Waals surface area contributed by atoms with Gasteiger partial charge in [0.1, 0.15) is 5.82 Å². The molecule has 4 rings (SSSR count). The quantitative estimate of drug-likeness (QED) is 0.341. The largest absolute Gasteiger partial charge is 0.411 e. The fourth-order valence-corrected chi connectivity index (χ4v) is 3.51. The van der Waals surface area contributed by atoms with Crippen LogP contribution in [0.2, 0.25) is 5.02 Å². The number of pyridine rings is 1. The molecule has 2 N–H and O–H groups in total. The lowest BCUT2D eigenvalue weighted by Crippen LogP contribution is -2.15. The summed E-state index contributed by atoms with van der Waals surface area (Å²) in [7, 11) is 0. The molecule has 1 aromatic heterocycles. The number of fused-ring (bicyclic) bond motifs is 1. The van der Waals surface area contributed by atoms with Gasteiger partial charge < -0.3 is 10.5 Å². The number of aliphatic imine (C=N–C) groups is 1. The van der Waals surface area contributed by atoms with Gasteiger partial charge in [-0.25, -0.2) is 14.4 Å². The number of para-hydroxylation sites is 1. The highest BCUT2D eigenvalue weighted by atomic mass is 35.5. The molecule has 29 heavy (non-hydrogen) atoms. The van der Waals surface area contributed by atoms with Crippen molar-refractivity contribution in [3.05, 3.63) is 88.3 Å². The van der Waals surface area contributed by atoms with Gasteiger partial charge in [0, 0.05) is 41.6 Å². The smallest absolute Gasteiger partial charge is 0.156 e. The molecular formula is C22H18ClFN4O. The van der Waals surface area contributed by atoms with Gasteiger partial charge in [-0.1, -0.05) is 41.0 Å².